The van der Waals surface area contributed by atoms with E-state index in [2.05, 4.69) is 36.3 Å². The average molecular weight is 360 g/mol. The van der Waals surface area contributed by atoms with Crippen LogP contribution in [0.1, 0.15) is 12.0 Å². The average Bonchev–Trinajstić information content (AvgIpc) is 3.04. The molecule has 5 heteroatoms. The zero-order valence-corrected chi connectivity index (χ0v) is 16.0. The fourth-order valence-electron chi connectivity index (χ4n) is 3.44. The van der Waals surface area contributed by atoms with Crippen molar-refractivity contribution in [1.29, 1.82) is 0 Å². The van der Waals surface area contributed by atoms with Crippen LogP contribution < -0.4 is 10.2 Å². The highest BCUT2D eigenvalue weighted by Crippen LogP contribution is 2.33. The molecule has 0 atom stereocenters. The maximum Gasteiger partial charge on any atom is 0.198 e. The van der Waals surface area contributed by atoms with Gasteiger partial charge in [0.25, 0.3) is 0 Å². The number of nitrogens with zero attached hydrogens (tertiary/aromatic N) is 3. The lowest BCUT2D eigenvalue weighted by molar-refractivity contribution is 0.623. The van der Waals surface area contributed by atoms with Crippen LogP contribution in [-0.2, 0) is 0 Å². The largest absolute Gasteiger partial charge is 0.452 e. The molecule has 2 aromatic carbocycles. The number of fused-ring (bicyclic) bond motifs is 2. The van der Waals surface area contributed by atoms with Crippen molar-refractivity contribution in [2.75, 3.05) is 32.1 Å². The molecule has 0 amide bonds. The van der Waals surface area contributed by atoms with Gasteiger partial charge in [-0.05, 0) is 45.1 Å². The maximum atomic E-state index is 6.11. The van der Waals surface area contributed by atoms with E-state index in [1.165, 1.54) is 0 Å². The summed E-state index contributed by atoms with van der Waals surface area (Å²) in [6.07, 6.45) is 1.05. The smallest absolute Gasteiger partial charge is 0.198 e. The standard InChI is InChI=1S/C22H24N4O/c1-15-16-9-5-7-12-19(16)27-20(15)21-24-18-11-6-4-10-17(18)22(25-21)26(3)14-8-13-23-2/h4-7,9-12,23H,8,13-14H2,1-3H3. The van der Waals surface area contributed by atoms with Crippen LogP contribution in [0.3, 0.4) is 0 Å². The van der Waals surface area contributed by atoms with Crippen molar-refractivity contribution >= 4 is 27.7 Å². The fraction of sp³-hybridized carbons (Fsp3) is 0.273. The molecule has 27 heavy (non-hydrogen) atoms. The number of hydrogen-bond donors (Lipinski definition) is 1. The van der Waals surface area contributed by atoms with Gasteiger partial charge in [-0.2, -0.15) is 0 Å². The molecule has 0 aliphatic carbocycles. The Labute approximate surface area is 159 Å². The first-order chi connectivity index (χ1) is 13.2. The second-order valence-corrected chi connectivity index (χ2v) is 6.82. The molecule has 2 aromatic heterocycles. The number of para-hydroxylation sites is 2. The van der Waals surface area contributed by atoms with Crippen molar-refractivity contribution in [2.24, 2.45) is 0 Å². The third kappa shape index (κ3) is 3.26. The minimum absolute atomic E-state index is 0.637. The summed E-state index contributed by atoms with van der Waals surface area (Å²) in [5, 5.41) is 5.36. The topological polar surface area (TPSA) is 54.2 Å². The van der Waals surface area contributed by atoms with Gasteiger partial charge in [-0.15, -0.1) is 0 Å². The summed E-state index contributed by atoms with van der Waals surface area (Å²) in [4.78, 5) is 11.9. The molecule has 4 rings (SSSR count). The Hall–Kier alpha value is -2.92. The Morgan fingerprint density at radius 3 is 2.52 bits per heavy atom. The zero-order chi connectivity index (χ0) is 18.8. The van der Waals surface area contributed by atoms with Crippen LogP contribution in [0, 0.1) is 6.92 Å². The van der Waals surface area contributed by atoms with Crippen molar-refractivity contribution in [3.63, 3.8) is 0 Å². The molecule has 0 radical (unpaired) electrons. The maximum absolute atomic E-state index is 6.11. The highest BCUT2D eigenvalue weighted by atomic mass is 16.3. The zero-order valence-electron chi connectivity index (χ0n) is 16.0. The van der Waals surface area contributed by atoms with E-state index in [9.17, 15) is 0 Å². The van der Waals surface area contributed by atoms with Crippen LogP contribution in [0.25, 0.3) is 33.5 Å². The molecule has 2 heterocycles. The van der Waals surface area contributed by atoms with Crippen molar-refractivity contribution < 1.29 is 4.42 Å². The first-order valence-electron chi connectivity index (χ1n) is 9.30. The quantitative estimate of drug-likeness (QED) is 0.517. The SMILES string of the molecule is CNCCCN(C)c1nc(-c2oc3ccccc3c2C)nc2ccccc12. The Morgan fingerprint density at radius 2 is 1.74 bits per heavy atom. The Morgan fingerprint density at radius 1 is 1.00 bits per heavy atom. The highest BCUT2D eigenvalue weighted by molar-refractivity contribution is 5.92. The number of furan rings is 1. The lowest BCUT2D eigenvalue weighted by atomic mass is 10.1. The van der Waals surface area contributed by atoms with E-state index < -0.39 is 0 Å². The number of benzene rings is 2. The first-order valence-corrected chi connectivity index (χ1v) is 9.30. The van der Waals surface area contributed by atoms with Gasteiger partial charge in [-0.1, -0.05) is 30.3 Å². The number of hydrogen-bond acceptors (Lipinski definition) is 5. The summed E-state index contributed by atoms with van der Waals surface area (Å²) in [5.41, 5.74) is 2.87. The normalized spacial score (nSPS) is 11.4. The van der Waals surface area contributed by atoms with Crippen molar-refractivity contribution in [2.45, 2.75) is 13.3 Å². The summed E-state index contributed by atoms with van der Waals surface area (Å²) in [6.45, 7) is 3.96. The third-order valence-electron chi connectivity index (χ3n) is 4.91. The van der Waals surface area contributed by atoms with Crippen LogP contribution in [0.5, 0.6) is 0 Å². The predicted octanol–water partition coefficient (Wildman–Crippen LogP) is 4.40. The van der Waals surface area contributed by atoms with Gasteiger partial charge in [0.15, 0.2) is 11.6 Å². The van der Waals surface area contributed by atoms with Crippen LogP contribution in [0.2, 0.25) is 0 Å². The number of anilines is 1. The first kappa shape index (κ1) is 17.5. The predicted molar refractivity (Wildman–Crippen MR) is 111 cm³/mol. The minimum Gasteiger partial charge on any atom is -0.452 e. The molecule has 4 aromatic rings. The Balaban J connectivity index is 1.84. The molecule has 0 spiro atoms. The number of aromatic nitrogens is 2. The Bertz CT molecular complexity index is 1090. The van der Waals surface area contributed by atoms with E-state index in [0.717, 1.165) is 58.5 Å². The Kier molecular flexibility index (Phi) is 4.77. The number of rotatable bonds is 6. The summed E-state index contributed by atoms with van der Waals surface area (Å²) in [5.74, 6) is 2.32. The lowest BCUT2D eigenvalue weighted by Crippen LogP contribution is -2.23. The van der Waals surface area contributed by atoms with Crippen LogP contribution in [0.15, 0.2) is 52.9 Å². The molecule has 138 valence electrons. The molecule has 1 N–H and O–H groups in total. The van der Waals surface area contributed by atoms with Crippen LogP contribution in [-0.4, -0.2) is 37.2 Å². The van der Waals surface area contributed by atoms with E-state index in [4.69, 9.17) is 14.4 Å². The van der Waals surface area contributed by atoms with Gasteiger partial charge >= 0.3 is 0 Å². The summed E-state index contributed by atoms with van der Waals surface area (Å²) in [6, 6.07) is 16.2. The number of nitrogens with one attached hydrogen (secondary N) is 1. The minimum atomic E-state index is 0.637. The molecule has 0 aliphatic heterocycles. The molecular weight excluding hydrogens is 336 g/mol. The molecule has 0 unspecified atom stereocenters. The summed E-state index contributed by atoms with van der Waals surface area (Å²) < 4.78 is 6.11. The molecule has 0 bridgehead atoms. The van der Waals surface area contributed by atoms with Gasteiger partial charge < -0.3 is 14.6 Å². The molecule has 0 fully saturated rings. The van der Waals surface area contributed by atoms with E-state index in [1.54, 1.807) is 0 Å². The fourth-order valence-corrected chi connectivity index (χ4v) is 3.44. The molecule has 0 saturated carbocycles. The van der Waals surface area contributed by atoms with Gasteiger partial charge in [0, 0.05) is 29.9 Å². The lowest BCUT2D eigenvalue weighted by Gasteiger charge is -2.20. The summed E-state index contributed by atoms with van der Waals surface area (Å²) >= 11 is 0. The second-order valence-electron chi connectivity index (χ2n) is 6.82. The van der Waals surface area contributed by atoms with Crippen LogP contribution >= 0.6 is 0 Å². The van der Waals surface area contributed by atoms with Gasteiger partial charge in [0.2, 0.25) is 0 Å². The van der Waals surface area contributed by atoms with Gasteiger partial charge in [-0.3, -0.25) is 0 Å². The molecule has 0 aliphatic rings. The van der Waals surface area contributed by atoms with E-state index in [1.807, 2.05) is 43.4 Å². The van der Waals surface area contributed by atoms with Crippen molar-refractivity contribution in [3.05, 3.63) is 54.1 Å². The van der Waals surface area contributed by atoms with E-state index in [0.29, 0.717) is 5.82 Å². The molecule has 5 nitrogen and oxygen atoms in total. The highest BCUT2D eigenvalue weighted by Gasteiger charge is 2.18. The molecule has 0 saturated heterocycles. The van der Waals surface area contributed by atoms with Gasteiger partial charge in [0.05, 0.1) is 5.52 Å². The second kappa shape index (κ2) is 7.37. The van der Waals surface area contributed by atoms with E-state index in [-0.39, 0.29) is 0 Å². The third-order valence-corrected chi connectivity index (χ3v) is 4.91. The van der Waals surface area contributed by atoms with Crippen molar-refractivity contribution in [3.8, 4) is 11.6 Å². The van der Waals surface area contributed by atoms with Crippen LogP contribution in [0.4, 0.5) is 5.82 Å². The van der Waals surface area contributed by atoms with Gasteiger partial charge in [-0.25, -0.2) is 9.97 Å². The van der Waals surface area contributed by atoms with Gasteiger partial charge in [0.1, 0.15) is 11.4 Å². The monoisotopic (exact) mass is 360 g/mol. The van der Waals surface area contributed by atoms with Crippen molar-refractivity contribution in [1.82, 2.24) is 15.3 Å². The summed E-state index contributed by atoms with van der Waals surface area (Å²) in [7, 11) is 4.06. The van der Waals surface area contributed by atoms with E-state index >= 15 is 0 Å². The number of aryl methyl sites for hydroxylation is 1. The molecular formula is C22H24N4O.